The van der Waals surface area contributed by atoms with Crippen molar-refractivity contribution < 1.29 is 4.79 Å². The van der Waals surface area contributed by atoms with Gasteiger partial charge in [-0.3, -0.25) is 4.79 Å². The summed E-state index contributed by atoms with van der Waals surface area (Å²) in [7, 11) is 3.96. The van der Waals surface area contributed by atoms with Crippen LogP contribution in [0.4, 0.5) is 5.69 Å². The highest BCUT2D eigenvalue weighted by atomic mass is 35.5. The van der Waals surface area contributed by atoms with Crippen molar-refractivity contribution in [2.75, 3.05) is 39.0 Å². The molecule has 0 aliphatic rings. The van der Waals surface area contributed by atoms with E-state index in [2.05, 4.69) is 10.6 Å². The second-order valence-electron chi connectivity index (χ2n) is 4.19. The summed E-state index contributed by atoms with van der Waals surface area (Å²) < 4.78 is 0. The van der Waals surface area contributed by atoms with Crippen molar-refractivity contribution in [3.63, 3.8) is 0 Å². The van der Waals surface area contributed by atoms with Crippen molar-refractivity contribution in [1.82, 2.24) is 10.2 Å². The zero-order valence-electron chi connectivity index (χ0n) is 10.5. The molecule has 0 saturated heterocycles. The van der Waals surface area contributed by atoms with Crippen LogP contribution in [0.1, 0.15) is 0 Å². The summed E-state index contributed by atoms with van der Waals surface area (Å²) in [4.78, 5) is 13.6. The zero-order valence-corrected chi connectivity index (χ0v) is 12.0. The number of benzene rings is 1. The van der Waals surface area contributed by atoms with E-state index >= 15 is 0 Å². The Kier molecular flexibility index (Phi) is 6.43. The molecule has 0 aliphatic carbocycles. The molecule has 6 heteroatoms. The molecule has 0 radical (unpaired) electrons. The molecule has 0 aliphatic heterocycles. The number of carbonyl (C=O) groups is 1. The largest absolute Gasteiger partial charge is 0.325 e. The lowest BCUT2D eigenvalue weighted by molar-refractivity contribution is -0.115. The van der Waals surface area contributed by atoms with E-state index in [1.165, 1.54) is 0 Å². The molecule has 0 bridgehead atoms. The molecule has 1 aromatic carbocycles. The lowest BCUT2D eigenvalue weighted by atomic mass is 10.3. The van der Waals surface area contributed by atoms with Gasteiger partial charge in [-0.05, 0) is 32.3 Å². The average Bonchev–Trinajstić information content (AvgIpc) is 2.22. The number of hydrogen-bond donors (Lipinski definition) is 2. The molecular weight excluding hydrogens is 273 g/mol. The Morgan fingerprint density at radius 2 is 1.83 bits per heavy atom. The summed E-state index contributed by atoms with van der Waals surface area (Å²) in [6.45, 7) is 1.91. The molecule has 1 amide bonds. The normalized spacial score (nSPS) is 10.7. The van der Waals surface area contributed by atoms with Crippen molar-refractivity contribution >= 4 is 34.8 Å². The van der Waals surface area contributed by atoms with E-state index in [4.69, 9.17) is 23.2 Å². The lowest BCUT2D eigenvalue weighted by Crippen LogP contribution is -2.33. The molecule has 18 heavy (non-hydrogen) atoms. The summed E-state index contributed by atoms with van der Waals surface area (Å²) in [5.74, 6) is -0.118. The fraction of sp³-hybridized carbons (Fsp3) is 0.417. The SMILES string of the molecule is CN(C)CCNCC(=O)Nc1cc(Cl)cc(Cl)c1. The average molecular weight is 290 g/mol. The van der Waals surface area contributed by atoms with Crippen LogP contribution in [-0.2, 0) is 4.79 Å². The van der Waals surface area contributed by atoms with Gasteiger partial charge in [0.05, 0.1) is 6.54 Å². The zero-order chi connectivity index (χ0) is 13.5. The maximum atomic E-state index is 11.6. The topological polar surface area (TPSA) is 44.4 Å². The third kappa shape index (κ3) is 6.21. The molecule has 0 saturated carbocycles. The fourth-order valence-corrected chi connectivity index (χ4v) is 1.86. The van der Waals surface area contributed by atoms with Gasteiger partial charge in [-0.25, -0.2) is 0 Å². The number of nitrogens with one attached hydrogen (secondary N) is 2. The molecule has 2 N–H and O–H groups in total. The van der Waals surface area contributed by atoms with Gasteiger partial charge < -0.3 is 15.5 Å². The first-order valence-corrected chi connectivity index (χ1v) is 6.34. The molecule has 1 rings (SSSR count). The van der Waals surface area contributed by atoms with E-state index < -0.39 is 0 Å². The van der Waals surface area contributed by atoms with E-state index in [0.29, 0.717) is 15.7 Å². The van der Waals surface area contributed by atoms with Crippen molar-refractivity contribution in [2.24, 2.45) is 0 Å². The Balaban J connectivity index is 2.35. The lowest BCUT2D eigenvalue weighted by Gasteiger charge is -2.10. The number of likely N-dealkylation sites (N-methyl/N-ethyl adjacent to an activating group) is 1. The molecule has 0 unspecified atom stereocenters. The number of carbonyl (C=O) groups excluding carboxylic acids is 1. The van der Waals surface area contributed by atoms with Gasteiger partial charge in [0.15, 0.2) is 0 Å². The van der Waals surface area contributed by atoms with Gasteiger partial charge in [-0.1, -0.05) is 23.2 Å². The second-order valence-corrected chi connectivity index (χ2v) is 5.06. The smallest absolute Gasteiger partial charge is 0.238 e. The highest BCUT2D eigenvalue weighted by molar-refractivity contribution is 6.35. The van der Waals surface area contributed by atoms with E-state index in [-0.39, 0.29) is 12.5 Å². The number of nitrogens with zero attached hydrogens (tertiary/aromatic N) is 1. The highest BCUT2D eigenvalue weighted by Gasteiger charge is 2.03. The van der Waals surface area contributed by atoms with Gasteiger partial charge in [-0.2, -0.15) is 0 Å². The summed E-state index contributed by atoms with van der Waals surface area (Å²) in [6, 6.07) is 4.93. The van der Waals surface area contributed by atoms with Gasteiger partial charge in [0.1, 0.15) is 0 Å². The van der Waals surface area contributed by atoms with Gasteiger partial charge in [0.25, 0.3) is 0 Å². The van der Waals surface area contributed by atoms with Crippen molar-refractivity contribution in [2.45, 2.75) is 0 Å². The molecule has 0 atom stereocenters. The van der Waals surface area contributed by atoms with Crippen LogP contribution >= 0.6 is 23.2 Å². The highest BCUT2D eigenvalue weighted by Crippen LogP contribution is 2.22. The molecule has 1 aromatic rings. The van der Waals surface area contributed by atoms with E-state index in [1.54, 1.807) is 18.2 Å². The van der Waals surface area contributed by atoms with E-state index in [9.17, 15) is 4.79 Å². The van der Waals surface area contributed by atoms with Crippen LogP contribution in [0.2, 0.25) is 10.0 Å². The van der Waals surface area contributed by atoms with Crippen LogP contribution in [0.25, 0.3) is 0 Å². The molecule has 0 fully saturated rings. The number of anilines is 1. The Hall–Kier alpha value is -0.810. The summed E-state index contributed by atoms with van der Waals surface area (Å²) in [5.41, 5.74) is 0.604. The number of rotatable bonds is 6. The predicted octanol–water partition coefficient (Wildman–Crippen LogP) is 2.08. The summed E-state index contributed by atoms with van der Waals surface area (Å²) in [5, 5.41) is 6.77. The van der Waals surface area contributed by atoms with E-state index in [1.807, 2.05) is 19.0 Å². The van der Waals surface area contributed by atoms with Crippen molar-refractivity contribution in [3.05, 3.63) is 28.2 Å². The number of amides is 1. The Morgan fingerprint density at radius 3 is 2.39 bits per heavy atom. The molecule has 100 valence electrons. The number of halogens is 2. The van der Waals surface area contributed by atoms with E-state index in [0.717, 1.165) is 13.1 Å². The summed E-state index contributed by atoms with van der Waals surface area (Å²) >= 11 is 11.7. The first kappa shape index (κ1) is 15.2. The molecule has 0 heterocycles. The molecular formula is C12H17Cl2N3O. The van der Waals surface area contributed by atoms with Crippen molar-refractivity contribution in [1.29, 1.82) is 0 Å². The van der Waals surface area contributed by atoms with Crippen LogP contribution in [0, 0.1) is 0 Å². The van der Waals surface area contributed by atoms with Gasteiger partial charge >= 0.3 is 0 Å². The van der Waals surface area contributed by atoms with Crippen molar-refractivity contribution in [3.8, 4) is 0 Å². The minimum absolute atomic E-state index is 0.118. The Morgan fingerprint density at radius 1 is 1.22 bits per heavy atom. The van der Waals surface area contributed by atoms with Gasteiger partial charge in [0.2, 0.25) is 5.91 Å². The minimum atomic E-state index is -0.118. The molecule has 0 spiro atoms. The van der Waals surface area contributed by atoms with Gasteiger partial charge in [-0.15, -0.1) is 0 Å². The second kappa shape index (κ2) is 7.59. The first-order valence-electron chi connectivity index (χ1n) is 5.59. The third-order valence-corrected chi connectivity index (χ3v) is 2.60. The fourth-order valence-electron chi connectivity index (χ4n) is 1.34. The maximum absolute atomic E-state index is 11.6. The predicted molar refractivity (Wildman–Crippen MR) is 76.5 cm³/mol. The monoisotopic (exact) mass is 289 g/mol. The number of hydrogen-bond acceptors (Lipinski definition) is 3. The molecule has 4 nitrogen and oxygen atoms in total. The van der Waals surface area contributed by atoms with Crippen LogP contribution in [0.15, 0.2) is 18.2 Å². The van der Waals surface area contributed by atoms with Crippen LogP contribution in [0.5, 0.6) is 0 Å². The molecule has 0 aromatic heterocycles. The quantitative estimate of drug-likeness (QED) is 0.788. The van der Waals surface area contributed by atoms with Crippen LogP contribution in [-0.4, -0.2) is 44.5 Å². The minimum Gasteiger partial charge on any atom is -0.325 e. The standard InChI is InChI=1S/C12H17Cl2N3O/c1-17(2)4-3-15-8-12(18)16-11-6-9(13)5-10(14)7-11/h5-7,15H,3-4,8H2,1-2H3,(H,16,18). The van der Waals surface area contributed by atoms with Crippen LogP contribution in [0.3, 0.4) is 0 Å². The third-order valence-electron chi connectivity index (χ3n) is 2.17. The van der Waals surface area contributed by atoms with Crippen LogP contribution < -0.4 is 10.6 Å². The van der Waals surface area contributed by atoms with Gasteiger partial charge in [0, 0.05) is 28.8 Å². The summed E-state index contributed by atoms with van der Waals surface area (Å²) in [6.07, 6.45) is 0. The Labute approximate surface area is 117 Å². The first-order chi connectivity index (χ1) is 8.47. The Bertz CT molecular complexity index is 390. The maximum Gasteiger partial charge on any atom is 0.238 e.